The number of hydrogen-bond acceptors (Lipinski definition) is 8. The van der Waals surface area contributed by atoms with E-state index >= 15 is 0 Å². The first kappa shape index (κ1) is 20.5. The zero-order valence-electron chi connectivity index (χ0n) is 16.2. The van der Waals surface area contributed by atoms with Gasteiger partial charge in [-0.1, -0.05) is 11.6 Å². The van der Waals surface area contributed by atoms with Crippen LogP contribution in [-0.4, -0.2) is 38.2 Å². The van der Waals surface area contributed by atoms with Gasteiger partial charge in [-0.05, 0) is 45.1 Å². The minimum atomic E-state index is -0.184. The van der Waals surface area contributed by atoms with Crippen molar-refractivity contribution in [1.29, 1.82) is 0 Å². The van der Waals surface area contributed by atoms with Crippen LogP contribution in [0.2, 0.25) is 0 Å². The van der Waals surface area contributed by atoms with Crippen molar-refractivity contribution in [3.8, 4) is 0 Å². The summed E-state index contributed by atoms with van der Waals surface area (Å²) in [6, 6.07) is 1.97. The Bertz CT molecular complexity index is 833. The molecule has 2 unspecified atom stereocenters. The first-order chi connectivity index (χ1) is 13.6. The quantitative estimate of drug-likeness (QED) is 0.285. The van der Waals surface area contributed by atoms with Crippen LogP contribution >= 0.6 is 12.2 Å². The van der Waals surface area contributed by atoms with Crippen LogP contribution in [-0.2, 0) is 10.7 Å². The average Bonchev–Trinajstić information content (AvgIpc) is 3.34. The largest absolute Gasteiger partial charge is 0.367 e. The van der Waals surface area contributed by atoms with Gasteiger partial charge in [-0.15, -0.1) is 0 Å². The zero-order valence-corrected chi connectivity index (χ0v) is 17.0. The number of anilines is 1. The smallest absolute Gasteiger partial charge is 0.218 e. The SMILES string of the molecule is CC(C)=CCn1ccc(C(=O)c2cncnc2NC2CCC(COSN)C2)n1. The number of aromatic nitrogens is 4. The maximum Gasteiger partial charge on any atom is 0.218 e. The molecule has 0 bridgehead atoms. The van der Waals surface area contributed by atoms with E-state index in [4.69, 9.17) is 9.32 Å². The molecule has 2 heterocycles. The topological polar surface area (TPSA) is 108 Å². The molecule has 1 fully saturated rings. The summed E-state index contributed by atoms with van der Waals surface area (Å²) in [5.41, 5.74) is 2.03. The maximum atomic E-state index is 13.0. The molecular formula is C19H26N6O2S. The Morgan fingerprint density at radius 2 is 2.32 bits per heavy atom. The lowest BCUT2D eigenvalue weighted by molar-refractivity contribution is 0.103. The number of nitrogens with two attached hydrogens (primary N) is 1. The van der Waals surface area contributed by atoms with Gasteiger partial charge in [0.25, 0.3) is 0 Å². The van der Waals surface area contributed by atoms with Gasteiger partial charge in [-0.2, -0.15) is 5.10 Å². The van der Waals surface area contributed by atoms with Crippen LogP contribution in [0.3, 0.4) is 0 Å². The second kappa shape index (κ2) is 9.81. The van der Waals surface area contributed by atoms with Crippen LogP contribution in [0.1, 0.15) is 49.2 Å². The number of carbonyl (C=O) groups excluding carboxylic acids is 1. The Hall–Kier alpha value is -2.23. The fraction of sp³-hybridized carbons (Fsp3) is 0.474. The van der Waals surface area contributed by atoms with Crippen LogP contribution in [0.5, 0.6) is 0 Å². The summed E-state index contributed by atoms with van der Waals surface area (Å²) in [5.74, 6) is 0.829. The van der Waals surface area contributed by atoms with E-state index in [-0.39, 0.29) is 11.8 Å². The highest BCUT2D eigenvalue weighted by atomic mass is 32.2. The second-order valence-electron chi connectivity index (χ2n) is 7.22. The van der Waals surface area contributed by atoms with Gasteiger partial charge in [0.2, 0.25) is 5.78 Å². The highest BCUT2D eigenvalue weighted by molar-refractivity contribution is 7.92. The number of nitrogens with zero attached hydrogens (tertiary/aromatic N) is 4. The van der Waals surface area contributed by atoms with Crippen molar-refractivity contribution in [1.82, 2.24) is 19.7 Å². The maximum absolute atomic E-state index is 13.0. The fourth-order valence-electron chi connectivity index (χ4n) is 3.30. The lowest BCUT2D eigenvalue weighted by atomic mass is 10.1. The monoisotopic (exact) mass is 402 g/mol. The summed E-state index contributed by atoms with van der Waals surface area (Å²) in [6.07, 6.45) is 9.87. The van der Waals surface area contributed by atoms with Crippen molar-refractivity contribution in [3.63, 3.8) is 0 Å². The first-order valence-corrected chi connectivity index (χ1v) is 10.1. The number of nitrogens with one attached hydrogen (secondary N) is 1. The molecule has 2 aromatic heterocycles. The Balaban J connectivity index is 1.68. The Morgan fingerprint density at radius 3 is 3.11 bits per heavy atom. The Morgan fingerprint density at radius 1 is 1.46 bits per heavy atom. The van der Waals surface area contributed by atoms with E-state index in [1.807, 2.05) is 13.8 Å². The number of carbonyl (C=O) groups is 1. The molecule has 2 atom stereocenters. The van der Waals surface area contributed by atoms with E-state index < -0.39 is 0 Å². The second-order valence-corrected chi connectivity index (χ2v) is 7.65. The summed E-state index contributed by atoms with van der Waals surface area (Å²) >= 11 is 0.906. The highest BCUT2D eigenvalue weighted by Crippen LogP contribution is 2.29. The molecular weight excluding hydrogens is 376 g/mol. The normalized spacial score (nSPS) is 18.8. The molecule has 2 aromatic rings. The van der Waals surface area contributed by atoms with Gasteiger partial charge in [0.05, 0.1) is 30.9 Å². The molecule has 1 saturated carbocycles. The molecule has 3 N–H and O–H groups in total. The molecule has 9 heteroatoms. The number of rotatable bonds is 9. The summed E-state index contributed by atoms with van der Waals surface area (Å²) in [6.45, 7) is 5.34. The predicted molar refractivity (Wildman–Crippen MR) is 110 cm³/mol. The molecule has 150 valence electrons. The summed E-state index contributed by atoms with van der Waals surface area (Å²) in [7, 11) is 0. The third-order valence-corrected chi connectivity index (χ3v) is 5.04. The molecule has 0 aromatic carbocycles. The van der Waals surface area contributed by atoms with E-state index in [1.54, 1.807) is 23.1 Å². The summed E-state index contributed by atoms with van der Waals surface area (Å²) < 4.78 is 6.99. The fourth-order valence-corrected chi connectivity index (χ4v) is 3.57. The average molecular weight is 403 g/mol. The van der Waals surface area contributed by atoms with Crippen LogP contribution in [0.25, 0.3) is 0 Å². The van der Waals surface area contributed by atoms with Gasteiger partial charge in [0.15, 0.2) is 0 Å². The van der Waals surface area contributed by atoms with E-state index in [9.17, 15) is 4.79 Å². The Labute approximate surface area is 169 Å². The Kier molecular flexibility index (Phi) is 7.18. The van der Waals surface area contributed by atoms with Crippen molar-refractivity contribution in [2.75, 3.05) is 11.9 Å². The molecule has 1 aliphatic carbocycles. The highest BCUT2D eigenvalue weighted by Gasteiger charge is 2.27. The van der Waals surface area contributed by atoms with E-state index in [0.29, 0.717) is 36.1 Å². The van der Waals surface area contributed by atoms with Crippen LogP contribution in [0.15, 0.2) is 36.4 Å². The molecule has 0 saturated heterocycles. The zero-order chi connectivity index (χ0) is 19.9. The van der Waals surface area contributed by atoms with Gasteiger partial charge >= 0.3 is 0 Å². The summed E-state index contributed by atoms with van der Waals surface area (Å²) in [4.78, 5) is 21.3. The third kappa shape index (κ3) is 5.40. The van der Waals surface area contributed by atoms with Crippen molar-refractivity contribution < 1.29 is 8.98 Å². The van der Waals surface area contributed by atoms with Crippen molar-refractivity contribution in [3.05, 3.63) is 47.7 Å². The predicted octanol–water partition coefficient (Wildman–Crippen LogP) is 2.99. The standard InChI is InChI=1S/C19H26N6O2S/c1-13(2)5-7-25-8-6-17(24-25)18(26)16-10-21-12-22-19(16)23-15-4-3-14(9-15)11-27-28-20/h5-6,8,10,12,14-15H,3-4,7,9,11,20H2,1-2H3,(H,21,22,23). The molecule has 0 radical (unpaired) electrons. The number of allylic oxidation sites excluding steroid dienone is 2. The van der Waals surface area contributed by atoms with Crippen molar-refractivity contribution >= 4 is 23.8 Å². The van der Waals surface area contributed by atoms with Crippen LogP contribution < -0.4 is 10.5 Å². The number of ketones is 1. The minimum absolute atomic E-state index is 0.184. The minimum Gasteiger partial charge on any atom is -0.367 e. The molecule has 0 spiro atoms. The van der Waals surface area contributed by atoms with Crippen LogP contribution in [0.4, 0.5) is 5.82 Å². The molecule has 3 rings (SSSR count). The molecule has 0 amide bonds. The van der Waals surface area contributed by atoms with Gasteiger partial charge < -0.3 is 9.50 Å². The molecule has 0 aliphatic heterocycles. The van der Waals surface area contributed by atoms with E-state index in [1.165, 1.54) is 11.9 Å². The van der Waals surface area contributed by atoms with Gasteiger partial charge in [-0.25, -0.2) is 9.97 Å². The molecule has 8 nitrogen and oxygen atoms in total. The van der Waals surface area contributed by atoms with E-state index in [2.05, 4.69) is 26.5 Å². The van der Waals surface area contributed by atoms with Crippen molar-refractivity contribution in [2.45, 2.75) is 45.7 Å². The van der Waals surface area contributed by atoms with Gasteiger partial charge in [0, 0.05) is 18.4 Å². The lowest BCUT2D eigenvalue weighted by Gasteiger charge is -2.15. The van der Waals surface area contributed by atoms with E-state index in [0.717, 1.165) is 31.5 Å². The van der Waals surface area contributed by atoms with Crippen LogP contribution in [0, 0.1) is 5.92 Å². The molecule has 28 heavy (non-hydrogen) atoms. The molecule has 1 aliphatic rings. The lowest BCUT2D eigenvalue weighted by Crippen LogP contribution is -2.20. The summed E-state index contributed by atoms with van der Waals surface area (Å²) in [5, 5.41) is 13.1. The van der Waals surface area contributed by atoms with Crippen molar-refractivity contribution in [2.24, 2.45) is 11.1 Å². The third-order valence-electron chi connectivity index (χ3n) is 4.77. The first-order valence-electron chi connectivity index (χ1n) is 9.33. The van der Waals surface area contributed by atoms with Gasteiger partial charge in [0.1, 0.15) is 17.8 Å². The number of hydrogen-bond donors (Lipinski definition) is 2. The van der Waals surface area contributed by atoms with Gasteiger partial charge in [-0.3, -0.25) is 14.6 Å².